The standard InChI is InChI=1S/C26H30O12/c1-9(2)12-7-10(35-26-19(29)17(27)18(28)23(38-26)24(30)31)8-14-15(12)22-16(25(32)36-14)11-5-6-13(33-3)21(34-4)20(11)37-22/h5-9,16-19,22-23,25-29,32H,1-4H3,(H,30,31)/t16-,17-,18-,19+,22-,23-,25-,26+/m0/s1. The van der Waals surface area contributed by atoms with Crippen LogP contribution in [0.5, 0.6) is 28.7 Å². The van der Waals surface area contributed by atoms with Crippen molar-refractivity contribution in [3.63, 3.8) is 0 Å². The Balaban J connectivity index is 1.52. The van der Waals surface area contributed by atoms with Gasteiger partial charge in [-0.25, -0.2) is 4.79 Å². The van der Waals surface area contributed by atoms with E-state index in [-0.39, 0.29) is 17.4 Å². The van der Waals surface area contributed by atoms with Gasteiger partial charge in [0.05, 0.1) is 20.1 Å². The third-order valence-electron chi connectivity index (χ3n) is 7.13. The first-order valence-corrected chi connectivity index (χ1v) is 12.1. The van der Waals surface area contributed by atoms with Gasteiger partial charge in [0.1, 0.15) is 35.9 Å². The molecule has 3 aliphatic heterocycles. The van der Waals surface area contributed by atoms with E-state index >= 15 is 0 Å². The summed E-state index contributed by atoms with van der Waals surface area (Å²) in [4.78, 5) is 11.5. The molecule has 0 aromatic heterocycles. The molecule has 3 aliphatic rings. The average Bonchev–Trinajstić information content (AvgIpc) is 3.27. The molecule has 1 fully saturated rings. The number of benzene rings is 2. The number of aliphatic hydroxyl groups is 4. The first-order valence-electron chi connectivity index (χ1n) is 12.1. The van der Waals surface area contributed by atoms with Crippen LogP contribution in [0, 0.1) is 0 Å². The Hall–Kier alpha value is -3.29. The van der Waals surface area contributed by atoms with Gasteiger partial charge >= 0.3 is 5.97 Å². The number of methoxy groups -OCH3 is 2. The van der Waals surface area contributed by atoms with Crippen molar-refractivity contribution in [3.8, 4) is 28.7 Å². The molecule has 0 unspecified atom stereocenters. The Morgan fingerprint density at radius 2 is 1.71 bits per heavy atom. The fraction of sp³-hybridized carbons (Fsp3) is 0.500. The number of ether oxygens (including phenoxy) is 6. The molecule has 206 valence electrons. The van der Waals surface area contributed by atoms with Crippen molar-refractivity contribution in [2.24, 2.45) is 0 Å². The Morgan fingerprint density at radius 1 is 0.974 bits per heavy atom. The fourth-order valence-electron chi connectivity index (χ4n) is 5.26. The van der Waals surface area contributed by atoms with Crippen molar-refractivity contribution in [3.05, 3.63) is 41.0 Å². The number of aliphatic carboxylic acids is 1. The molecule has 5 N–H and O–H groups in total. The maximum absolute atomic E-state index is 11.5. The van der Waals surface area contributed by atoms with Gasteiger partial charge in [-0.2, -0.15) is 0 Å². The quantitative estimate of drug-likeness (QED) is 0.357. The lowest BCUT2D eigenvalue weighted by molar-refractivity contribution is -0.271. The van der Waals surface area contributed by atoms with E-state index in [0.717, 1.165) is 5.56 Å². The lowest BCUT2D eigenvalue weighted by Crippen LogP contribution is -2.61. The van der Waals surface area contributed by atoms with Crippen molar-refractivity contribution >= 4 is 5.97 Å². The molecule has 12 nitrogen and oxygen atoms in total. The second-order valence-corrected chi connectivity index (χ2v) is 9.72. The Bertz CT molecular complexity index is 1230. The molecule has 3 heterocycles. The number of hydrogen-bond acceptors (Lipinski definition) is 11. The molecule has 8 atom stereocenters. The SMILES string of the molecule is COc1ccc2c(c1OC)O[C@H]1c3c(cc(O[C@@H]4O[C@H](C(=O)O)[C@@H](O)[C@H](O)[C@H]4O)cc3C(C)C)O[C@H](O)[C@@H]21. The predicted molar refractivity (Wildman–Crippen MR) is 128 cm³/mol. The zero-order valence-electron chi connectivity index (χ0n) is 21.1. The Kier molecular flexibility index (Phi) is 6.78. The van der Waals surface area contributed by atoms with Crippen LogP contribution in [0.25, 0.3) is 0 Å². The molecule has 0 radical (unpaired) electrons. The maximum atomic E-state index is 11.5. The molecule has 0 amide bonds. The third-order valence-corrected chi connectivity index (χ3v) is 7.13. The lowest BCUT2D eigenvalue weighted by Gasteiger charge is -2.39. The van der Waals surface area contributed by atoms with E-state index in [0.29, 0.717) is 28.4 Å². The van der Waals surface area contributed by atoms with E-state index in [1.54, 1.807) is 18.2 Å². The molecule has 2 aromatic rings. The molecular formula is C26H30O12. The van der Waals surface area contributed by atoms with E-state index in [2.05, 4.69) is 0 Å². The first-order chi connectivity index (χ1) is 18.1. The van der Waals surface area contributed by atoms with Crippen LogP contribution in [-0.4, -0.2) is 82.7 Å². The maximum Gasteiger partial charge on any atom is 0.335 e. The highest BCUT2D eigenvalue weighted by molar-refractivity contribution is 5.73. The van der Waals surface area contributed by atoms with E-state index in [1.165, 1.54) is 20.3 Å². The van der Waals surface area contributed by atoms with E-state index in [9.17, 15) is 30.3 Å². The second kappa shape index (κ2) is 9.79. The van der Waals surface area contributed by atoms with Crippen molar-refractivity contribution in [1.82, 2.24) is 0 Å². The Morgan fingerprint density at radius 3 is 2.34 bits per heavy atom. The number of carbonyl (C=O) groups is 1. The monoisotopic (exact) mass is 534 g/mol. The number of fused-ring (bicyclic) bond motifs is 5. The zero-order valence-corrected chi connectivity index (χ0v) is 21.1. The third kappa shape index (κ3) is 4.09. The minimum absolute atomic E-state index is 0.0769. The van der Waals surface area contributed by atoms with Gasteiger partial charge < -0.3 is 54.0 Å². The van der Waals surface area contributed by atoms with Gasteiger partial charge in [-0.05, 0) is 23.6 Å². The summed E-state index contributed by atoms with van der Waals surface area (Å²) in [6, 6.07) is 6.67. The molecule has 2 aromatic carbocycles. The van der Waals surface area contributed by atoms with Gasteiger partial charge in [0.2, 0.25) is 18.3 Å². The number of rotatable bonds is 6. The number of carboxylic acid groups (broad SMARTS) is 1. The number of aliphatic hydroxyl groups excluding tert-OH is 4. The Labute approximate surface area is 217 Å². The van der Waals surface area contributed by atoms with Crippen LogP contribution < -0.4 is 23.7 Å². The second-order valence-electron chi connectivity index (χ2n) is 9.72. The van der Waals surface area contributed by atoms with Crippen molar-refractivity contribution in [2.45, 2.75) is 68.8 Å². The molecule has 0 bridgehead atoms. The smallest absolute Gasteiger partial charge is 0.335 e. The molecule has 0 saturated carbocycles. The zero-order chi connectivity index (χ0) is 27.5. The highest BCUT2D eigenvalue weighted by atomic mass is 16.7. The largest absolute Gasteiger partial charge is 0.493 e. The van der Waals surface area contributed by atoms with Crippen LogP contribution in [-0.2, 0) is 9.53 Å². The number of hydrogen-bond donors (Lipinski definition) is 5. The van der Waals surface area contributed by atoms with E-state index in [1.807, 2.05) is 13.8 Å². The fourth-order valence-corrected chi connectivity index (χ4v) is 5.26. The highest BCUT2D eigenvalue weighted by Crippen LogP contribution is 2.59. The summed E-state index contributed by atoms with van der Waals surface area (Å²) >= 11 is 0. The van der Waals surface area contributed by atoms with Crippen molar-refractivity contribution in [2.75, 3.05) is 14.2 Å². The topological polar surface area (TPSA) is 174 Å². The van der Waals surface area contributed by atoms with Gasteiger partial charge in [-0.3, -0.25) is 0 Å². The van der Waals surface area contributed by atoms with Crippen LogP contribution in [0.3, 0.4) is 0 Å². The van der Waals surface area contributed by atoms with E-state index in [4.69, 9.17) is 28.4 Å². The average molecular weight is 535 g/mol. The minimum atomic E-state index is -1.84. The van der Waals surface area contributed by atoms with Crippen molar-refractivity contribution < 1.29 is 58.7 Å². The summed E-state index contributed by atoms with van der Waals surface area (Å²) in [7, 11) is 3.02. The van der Waals surface area contributed by atoms with Gasteiger partial charge in [0.25, 0.3) is 0 Å². The predicted octanol–water partition coefficient (Wildman–Crippen LogP) is 1.03. The summed E-state index contributed by atoms with van der Waals surface area (Å²) in [6.07, 6.45) is -10.7. The molecule has 12 heteroatoms. The van der Waals surface area contributed by atoms with Crippen LogP contribution in [0.4, 0.5) is 0 Å². The molecular weight excluding hydrogens is 504 g/mol. The van der Waals surface area contributed by atoms with Crippen LogP contribution in [0.1, 0.15) is 48.5 Å². The molecule has 5 rings (SSSR count). The van der Waals surface area contributed by atoms with Crippen LogP contribution in [0.15, 0.2) is 24.3 Å². The van der Waals surface area contributed by atoms with Gasteiger partial charge in [-0.15, -0.1) is 0 Å². The first kappa shape index (κ1) is 26.3. The summed E-state index contributed by atoms with van der Waals surface area (Å²) in [5, 5.41) is 50.8. The number of carboxylic acids is 1. The summed E-state index contributed by atoms with van der Waals surface area (Å²) in [5.74, 6) is -0.442. The highest BCUT2D eigenvalue weighted by Gasteiger charge is 2.50. The van der Waals surface area contributed by atoms with Crippen molar-refractivity contribution in [1.29, 1.82) is 0 Å². The van der Waals surface area contributed by atoms with Gasteiger partial charge in [0.15, 0.2) is 17.6 Å². The molecule has 0 spiro atoms. The van der Waals surface area contributed by atoms with Gasteiger partial charge in [0, 0.05) is 17.2 Å². The molecule has 38 heavy (non-hydrogen) atoms. The van der Waals surface area contributed by atoms with Gasteiger partial charge in [-0.1, -0.05) is 19.9 Å². The summed E-state index contributed by atoms with van der Waals surface area (Å²) in [5.41, 5.74) is 2.13. The van der Waals surface area contributed by atoms with E-state index < -0.39 is 55.0 Å². The van der Waals surface area contributed by atoms with Crippen LogP contribution in [0.2, 0.25) is 0 Å². The lowest BCUT2D eigenvalue weighted by atomic mass is 9.83. The minimum Gasteiger partial charge on any atom is -0.493 e. The summed E-state index contributed by atoms with van der Waals surface area (Å²) < 4.78 is 34.2. The molecule has 0 aliphatic carbocycles. The van der Waals surface area contributed by atoms with Crippen LogP contribution >= 0.6 is 0 Å². The normalized spacial score (nSPS) is 31.4. The molecule has 1 saturated heterocycles. The summed E-state index contributed by atoms with van der Waals surface area (Å²) in [6.45, 7) is 3.88.